The zero-order chi connectivity index (χ0) is 13.9. The van der Waals surface area contributed by atoms with Crippen molar-refractivity contribution in [2.45, 2.75) is 18.9 Å². The number of hydrogen-bond acceptors (Lipinski definition) is 6. The van der Waals surface area contributed by atoms with Crippen LogP contribution in [0.25, 0.3) is 0 Å². The van der Waals surface area contributed by atoms with E-state index in [1.54, 1.807) is 6.20 Å². The lowest BCUT2D eigenvalue weighted by Gasteiger charge is -2.30. The van der Waals surface area contributed by atoms with E-state index in [0.717, 1.165) is 31.0 Å². The van der Waals surface area contributed by atoms with Gasteiger partial charge in [-0.05, 0) is 25.6 Å². The summed E-state index contributed by atoms with van der Waals surface area (Å²) in [4.78, 5) is 11.0. The zero-order valence-corrected chi connectivity index (χ0v) is 13.0. The van der Waals surface area contributed by atoms with E-state index < -0.39 is 0 Å². The van der Waals surface area contributed by atoms with Crippen LogP contribution >= 0.6 is 12.4 Å². The second-order valence-electron chi connectivity index (χ2n) is 5.20. The smallest absolute Gasteiger partial charge is 0.234 e. The molecule has 0 bridgehead atoms. The summed E-state index contributed by atoms with van der Waals surface area (Å²) in [7, 11) is 2.09. The number of piperazine rings is 1. The molecule has 1 N–H and O–H groups in total. The lowest BCUT2D eigenvalue weighted by atomic mass is 10.0. The fourth-order valence-electron chi connectivity index (χ4n) is 2.43. The zero-order valence-electron chi connectivity index (χ0n) is 12.2. The van der Waals surface area contributed by atoms with E-state index in [0.29, 0.717) is 5.89 Å². The Hall–Kier alpha value is -1.50. The highest BCUT2D eigenvalue weighted by molar-refractivity contribution is 5.85. The molecule has 1 fully saturated rings. The molecule has 0 spiro atoms. The van der Waals surface area contributed by atoms with E-state index in [1.165, 1.54) is 0 Å². The van der Waals surface area contributed by atoms with Gasteiger partial charge in [0.25, 0.3) is 0 Å². The van der Waals surface area contributed by atoms with Gasteiger partial charge in [-0.15, -0.1) is 12.4 Å². The third kappa shape index (κ3) is 3.40. The van der Waals surface area contributed by atoms with Crippen LogP contribution in [-0.2, 0) is 0 Å². The van der Waals surface area contributed by atoms with Crippen molar-refractivity contribution in [3.63, 3.8) is 0 Å². The summed E-state index contributed by atoms with van der Waals surface area (Å²) >= 11 is 0. The molecule has 21 heavy (non-hydrogen) atoms. The third-order valence-corrected chi connectivity index (χ3v) is 3.82. The Morgan fingerprint density at radius 1 is 1.48 bits per heavy atom. The molecule has 0 radical (unpaired) electrons. The summed E-state index contributed by atoms with van der Waals surface area (Å²) in [5.41, 5.74) is 1.08. The van der Waals surface area contributed by atoms with Crippen molar-refractivity contribution in [3.8, 4) is 0 Å². The van der Waals surface area contributed by atoms with Gasteiger partial charge in [0, 0.05) is 32.0 Å². The minimum absolute atomic E-state index is 0. The molecular formula is C14H20ClN5O. The van der Waals surface area contributed by atoms with Gasteiger partial charge in [-0.1, -0.05) is 11.2 Å². The van der Waals surface area contributed by atoms with E-state index in [4.69, 9.17) is 4.52 Å². The van der Waals surface area contributed by atoms with Gasteiger partial charge in [0.15, 0.2) is 5.82 Å². The van der Waals surface area contributed by atoms with Crippen molar-refractivity contribution in [1.82, 2.24) is 25.3 Å². The highest BCUT2D eigenvalue weighted by Gasteiger charge is 2.26. The lowest BCUT2D eigenvalue weighted by molar-refractivity contribution is 0.190. The molecule has 3 heterocycles. The van der Waals surface area contributed by atoms with Crippen LogP contribution in [0.4, 0.5) is 0 Å². The lowest BCUT2D eigenvalue weighted by Crippen LogP contribution is -2.44. The van der Waals surface area contributed by atoms with Gasteiger partial charge in [-0.2, -0.15) is 4.98 Å². The van der Waals surface area contributed by atoms with Crippen molar-refractivity contribution >= 4 is 12.4 Å². The largest absolute Gasteiger partial charge is 0.339 e. The summed E-state index contributed by atoms with van der Waals surface area (Å²) in [5.74, 6) is 1.46. The van der Waals surface area contributed by atoms with E-state index in [2.05, 4.69) is 39.3 Å². The van der Waals surface area contributed by atoms with Gasteiger partial charge in [0.2, 0.25) is 5.89 Å². The summed E-state index contributed by atoms with van der Waals surface area (Å²) in [6, 6.07) is 4.12. The van der Waals surface area contributed by atoms with Crippen molar-refractivity contribution in [2.24, 2.45) is 0 Å². The molecule has 2 aromatic heterocycles. The summed E-state index contributed by atoms with van der Waals surface area (Å²) < 4.78 is 5.44. The number of nitrogens with one attached hydrogen (secondary N) is 1. The maximum atomic E-state index is 5.44. The quantitative estimate of drug-likeness (QED) is 0.929. The van der Waals surface area contributed by atoms with Crippen molar-refractivity contribution in [3.05, 3.63) is 41.8 Å². The standard InChI is InChI=1S/C14H19N5O.ClH/c1-10(11-4-3-5-15-8-11)14-17-13(18-20-14)12-9-16-6-7-19(12)2;/h3-5,8,10,12,16H,6-7,9H2,1-2H3;1H. The number of likely N-dealkylation sites (N-methyl/N-ethyl adjacent to an activating group) is 1. The van der Waals surface area contributed by atoms with Gasteiger partial charge in [-0.25, -0.2) is 0 Å². The molecular weight excluding hydrogens is 290 g/mol. The maximum Gasteiger partial charge on any atom is 0.234 e. The average molecular weight is 310 g/mol. The molecule has 1 aliphatic heterocycles. The van der Waals surface area contributed by atoms with Gasteiger partial charge < -0.3 is 9.84 Å². The van der Waals surface area contributed by atoms with Gasteiger partial charge in [0.1, 0.15) is 0 Å². The summed E-state index contributed by atoms with van der Waals surface area (Å²) in [6.07, 6.45) is 3.60. The van der Waals surface area contributed by atoms with E-state index in [1.807, 2.05) is 18.3 Å². The van der Waals surface area contributed by atoms with Crippen LogP contribution in [0, 0.1) is 0 Å². The van der Waals surface area contributed by atoms with Crippen LogP contribution in [0.1, 0.15) is 36.2 Å². The molecule has 2 unspecified atom stereocenters. The van der Waals surface area contributed by atoms with Gasteiger partial charge in [0.05, 0.1) is 12.0 Å². The molecule has 6 nitrogen and oxygen atoms in total. The van der Waals surface area contributed by atoms with Crippen molar-refractivity contribution in [2.75, 3.05) is 26.7 Å². The number of aromatic nitrogens is 3. The predicted octanol–water partition coefficient (Wildman–Crippen LogP) is 1.61. The first-order valence-electron chi connectivity index (χ1n) is 6.90. The first-order valence-corrected chi connectivity index (χ1v) is 6.90. The van der Waals surface area contributed by atoms with Crippen LogP contribution in [-0.4, -0.2) is 46.7 Å². The highest BCUT2D eigenvalue weighted by atomic mass is 35.5. The molecule has 1 saturated heterocycles. The molecule has 3 rings (SSSR count). The molecule has 0 amide bonds. The number of nitrogens with zero attached hydrogens (tertiary/aromatic N) is 4. The van der Waals surface area contributed by atoms with Crippen LogP contribution in [0.15, 0.2) is 29.0 Å². The third-order valence-electron chi connectivity index (χ3n) is 3.82. The summed E-state index contributed by atoms with van der Waals surface area (Å²) in [6.45, 7) is 4.91. The Balaban J connectivity index is 0.00000161. The molecule has 7 heteroatoms. The van der Waals surface area contributed by atoms with Crippen LogP contribution in [0.2, 0.25) is 0 Å². The maximum absolute atomic E-state index is 5.44. The minimum atomic E-state index is 0. The SMILES string of the molecule is CC(c1cccnc1)c1nc(C2CNCCN2C)no1.Cl. The van der Waals surface area contributed by atoms with Crippen LogP contribution < -0.4 is 5.32 Å². The monoisotopic (exact) mass is 309 g/mol. The van der Waals surface area contributed by atoms with E-state index >= 15 is 0 Å². The Morgan fingerprint density at radius 2 is 2.33 bits per heavy atom. The van der Waals surface area contributed by atoms with Crippen molar-refractivity contribution < 1.29 is 4.52 Å². The topological polar surface area (TPSA) is 67.1 Å². The Labute approximate surface area is 130 Å². The molecule has 2 aromatic rings. The Bertz CT molecular complexity index is 562. The number of halogens is 1. The molecule has 0 aliphatic carbocycles. The Morgan fingerprint density at radius 3 is 3.05 bits per heavy atom. The Kier molecular flexibility index (Phi) is 5.27. The number of hydrogen-bond donors (Lipinski definition) is 1. The number of pyridine rings is 1. The highest BCUT2D eigenvalue weighted by Crippen LogP contribution is 2.24. The fraction of sp³-hybridized carbons (Fsp3) is 0.500. The first kappa shape index (κ1) is 15.9. The molecule has 1 aliphatic rings. The minimum Gasteiger partial charge on any atom is -0.339 e. The second kappa shape index (κ2) is 6.98. The molecule has 0 saturated carbocycles. The van der Waals surface area contributed by atoms with Gasteiger partial charge >= 0.3 is 0 Å². The second-order valence-corrected chi connectivity index (χ2v) is 5.20. The van der Waals surface area contributed by atoms with Gasteiger partial charge in [-0.3, -0.25) is 9.88 Å². The van der Waals surface area contributed by atoms with E-state index in [-0.39, 0.29) is 24.4 Å². The molecule has 0 aromatic carbocycles. The molecule has 2 atom stereocenters. The fourth-order valence-corrected chi connectivity index (χ4v) is 2.43. The van der Waals surface area contributed by atoms with E-state index in [9.17, 15) is 0 Å². The number of rotatable bonds is 3. The average Bonchev–Trinajstić information content (AvgIpc) is 2.97. The normalized spacial score (nSPS) is 20.8. The van der Waals surface area contributed by atoms with Crippen LogP contribution in [0.3, 0.4) is 0 Å². The summed E-state index contributed by atoms with van der Waals surface area (Å²) in [5, 5.41) is 7.51. The predicted molar refractivity (Wildman–Crippen MR) is 81.5 cm³/mol. The van der Waals surface area contributed by atoms with Crippen molar-refractivity contribution in [1.29, 1.82) is 0 Å². The first-order chi connectivity index (χ1) is 9.75. The van der Waals surface area contributed by atoms with Crippen LogP contribution in [0.5, 0.6) is 0 Å². The molecule has 114 valence electrons.